The second-order valence-corrected chi connectivity index (χ2v) is 6.50. The Hall–Kier alpha value is -0.660. The van der Waals surface area contributed by atoms with Gasteiger partial charge < -0.3 is 10.1 Å². The number of hydrogen-bond acceptors (Lipinski definition) is 4. The minimum atomic E-state index is -4.28. The van der Waals surface area contributed by atoms with E-state index in [-0.39, 0.29) is 12.5 Å². The normalized spacial score (nSPS) is 16.1. The minimum Gasteiger partial charge on any atom is -0.365 e. The van der Waals surface area contributed by atoms with Crippen LogP contribution in [0.3, 0.4) is 0 Å². The van der Waals surface area contributed by atoms with Crippen molar-refractivity contribution < 1.29 is 17.9 Å². The van der Waals surface area contributed by atoms with Crippen molar-refractivity contribution in [3.63, 3.8) is 0 Å². The van der Waals surface area contributed by atoms with E-state index in [0.717, 1.165) is 17.1 Å². The Morgan fingerprint density at radius 3 is 2.65 bits per heavy atom. The van der Waals surface area contributed by atoms with Crippen LogP contribution in [0.1, 0.15) is 48.2 Å². The van der Waals surface area contributed by atoms with Gasteiger partial charge in [-0.05, 0) is 18.8 Å². The van der Waals surface area contributed by atoms with E-state index >= 15 is 0 Å². The number of aromatic nitrogens is 1. The van der Waals surface area contributed by atoms with Gasteiger partial charge in [-0.3, -0.25) is 0 Å². The smallest absolute Gasteiger partial charge is 0.365 e. The number of alkyl halides is 3. The van der Waals surface area contributed by atoms with Crippen LogP contribution < -0.4 is 5.32 Å². The zero-order chi connectivity index (χ0) is 14.8. The van der Waals surface area contributed by atoms with Crippen molar-refractivity contribution in [1.29, 1.82) is 0 Å². The van der Waals surface area contributed by atoms with Crippen LogP contribution in [0.5, 0.6) is 0 Å². The molecule has 0 spiro atoms. The summed E-state index contributed by atoms with van der Waals surface area (Å²) >= 11 is 1.44. The summed E-state index contributed by atoms with van der Waals surface area (Å²) in [7, 11) is 0. The van der Waals surface area contributed by atoms with E-state index < -0.39 is 12.8 Å². The van der Waals surface area contributed by atoms with Crippen LogP contribution in [0.15, 0.2) is 0 Å². The average molecular weight is 308 g/mol. The van der Waals surface area contributed by atoms with E-state index in [9.17, 15) is 13.2 Å². The van der Waals surface area contributed by atoms with Crippen molar-refractivity contribution in [1.82, 2.24) is 10.3 Å². The van der Waals surface area contributed by atoms with Crippen LogP contribution in [0.25, 0.3) is 0 Å². The van der Waals surface area contributed by atoms with E-state index in [1.54, 1.807) is 0 Å². The fourth-order valence-electron chi connectivity index (χ4n) is 1.83. The van der Waals surface area contributed by atoms with Gasteiger partial charge in [-0.25, -0.2) is 4.98 Å². The predicted molar refractivity (Wildman–Crippen MR) is 71.8 cm³/mol. The topological polar surface area (TPSA) is 34.1 Å². The second kappa shape index (κ2) is 6.41. The van der Waals surface area contributed by atoms with E-state index in [4.69, 9.17) is 0 Å². The Balaban J connectivity index is 1.92. The molecule has 20 heavy (non-hydrogen) atoms. The van der Waals surface area contributed by atoms with Crippen LogP contribution >= 0.6 is 11.3 Å². The summed E-state index contributed by atoms with van der Waals surface area (Å²) in [5.41, 5.74) is 0.966. The first kappa shape index (κ1) is 15.7. The number of ether oxygens (including phenoxy) is 1. The molecular formula is C13H19F3N2OS. The molecule has 0 unspecified atom stereocenters. The second-order valence-electron chi connectivity index (χ2n) is 5.33. The molecule has 3 nitrogen and oxygen atoms in total. The van der Waals surface area contributed by atoms with Gasteiger partial charge in [0.05, 0.1) is 12.3 Å². The summed E-state index contributed by atoms with van der Waals surface area (Å²) in [6, 6.07) is 0.599. The third kappa shape index (κ3) is 5.03. The summed E-state index contributed by atoms with van der Waals surface area (Å²) in [5.74, 6) is 0.263. The molecule has 1 N–H and O–H groups in total. The van der Waals surface area contributed by atoms with Crippen molar-refractivity contribution in [2.45, 2.75) is 58.0 Å². The highest BCUT2D eigenvalue weighted by molar-refractivity contribution is 7.11. The van der Waals surface area contributed by atoms with Gasteiger partial charge in [0.2, 0.25) is 0 Å². The van der Waals surface area contributed by atoms with Crippen molar-refractivity contribution >= 4 is 11.3 Å². The first-order valence-electron chi connectivity index (χ1n) is 6.71. The lowest BCUT2D eigenvalue weighted by molar-refractivity contribution is -0.176. The zero-order valence-corrected chi connectivity index (χ0v) is 12.4. The lowest BCUT2D eigenvalue weighted by Gasteiger charge is -2.05. The largest absolute Gasteiger partial charge is 0.411 e. The summed E-state index contributed by atoms with van der Waals surface area (Å²) in [5, 5.41) is 4.03. The SMILES string of the molecule is CC(C)c1nc(COCC(F)(F)F)sc1CNC1CC1. The first-order chi connectivity index (χ1) is 9.35. The molecule has 0 saturated heterocycles. The van der Waals surface area contributed by atoms with Gasteiger partial charge in [0.1, 0.15) is 11.6 Å². The number of thiazole rings is 1. The Morgan fingerprint density at radius 1 is 1.40 bits per heavy atom. The lowest BCUT2D eigenvalue weighted by atomic mass is 10.1. The molecule has 0 amide bonds. The van der Waals surface area contributed by atoms with E-state index in [1.165, 1.54) is 24.2 Å². The monoisotopic (exact) mass is 308 g/mol. The molecule has 0 aromatic carbocycles. The quantitative estimate of drug-likeness (QED) is 0.836. The van der Waals surface area contributed by atoms with Gasteiger partial charge in [-0.15, -0.1) is 11.3 Å². The summed E-state index contributed by atoms with van der Waals surface area (Å²) in [4.78, 5) is 5.52. The number of halogens is 3. The molecule has 1 fully saturated rings. The number of nitrogens with one attached hydrogen (secondary N) is 1. The molecule has 114 valence electrons. The van der Waals surface area contributed by atoms with Crippen molar-refractivity contribution in [2.24, 2.45) is 0 Å². The maximum Gasteiger partial charge on any atom is 0.411 e. The predicted octanol–water partition coefficient (Wildman–Crippen LogP) is 3.60. The molecule has 1 aliphatic carbocycles. The standard InChI is InChI=1S/C13H19F3N2OS/c1-8(2)12-10(5-17-9-3-4-9)20-11(18-12)6-19-7-13(14,15)16/h8-9,17H,3-7H2,1-2H3. The number of hydrogen-bond donors (Lipinski definition) is 1. The fourth-order valence-corrected chi connectivity index (χ4v) is 2.94. The maximum atomic E-state index is 12.0. The van der Waals surface area contributed by atoms with Gasteiger partial charge in [0.15, 0.2) is 0 Å². The zero-order valence-electron chi connectivity index (χ0n) is 11.6. The number of rotatable bonds is 7. The van der Waals surface area contributed by atoms with Crippen LogP contribution in [-0.4, -0.2) is 23.8 Å². The highest BCUT2D eigenvalue weighted by atomic mass is 32.1. The fraction of sp³-hybridized carbons (Fsp3) is 0.769. The third-order valence-corrected chi connectivity index (χ3v) is 3.98. The first-order valence-corrected chi connectivity index (χ1v) is 7.53. The Bertz CT molecular complexity index is 441. The highest BCUT2D eigenvalue weighted by Crippen LogP contribution is 2.27. The molecule has 2 rings (SSSR count). The van der Waals surface area contributed by atoms with Crippen LogP contribution in [0.4, 0.5) is 13.2 Å². The summed E-state index contributed by atoms with van der Waals surface area (Å²) in [6.45, 7) is 3.52. The van der Waals surface area contributed by atoms with Gasteiger partial charge in [-0.1, -0.05) is 13.8 Å². The van der Waals surface area contributed by atoms with Crippen LogP contribution in [-0.2, 0) is 17.9 Å². The Kier molecular flexibility index (Phi) is 5.04. The minimum absolute atomic E-state index is 0.0761. The van der Waals surface area contributed by atoms with Gasteiger partial charge >= 0.3 is 6.18 Å². The average Bonchev–Trinajstić information content (AvgIpc) is 3.05. The van der Waals surface area contributed by atoms with Crippen molar-refractivity contribution in [2.75, 3.05) is 6.61 Å². The van der Waals surface area contributed by atoms with Crippen LogP contribution in [0.2, 0.25) is 0 Å². The molecule has 1 saturated carbocycles. The lowest BCUT2D eigenvalue weighted by Crippen LogP contribution is -2.16. The molecule has 1 heterocycles. The molecule has 0 radical (unpaired) electrons. The van der Waals surface area contributed by atoms with Gasteiger partial charge in [-0.2, -0.15) is 13.2 Å². The highest BCUT2D eigenvalue weighted by Gasteiger charge is 2.28. The maximum absolute atomic E-state index is 12.0. The van der Waals surface area contributed by atoms with Gasteiger partial charge in [0.25, 0.3) is 0 Å². The Morgan fingerprint density at radius 2 is 2.10 bits per heavy atom. The van der Waals surface area contributed by atoms with Gasteiger partial charge in [0, 0.05) is 17.5 Å². The van der Waals surface area contributed by atoms with Crippen molar-refractivity contribution in [3.8, 4) is 0 Å². The molecule has 7 heteroatoms. The third-order valence-electron chi connectivity index (χ3n) is 2.94. The molecular weight excluding hydrogens is 289 g/mol. The molecule has 0 atom stereocenters. The Labute approximate surface area is 120 Å². The van der Waals surface area contributed by atoms with E-state index in [1.807, 2.05) is 13.8 Å². The molecule has 0 bridgehead atoms. The summed E-state index contributed by atoms with van der Waals surface area (Å²) in [6.07, 6.45) is -1.87. The molecule has 1 aliphatic rings. The van der Waals surface area contributed by atoms with Crippen molar-refractivity contribution in [3.05, 3.63) is 15.6 Å². The van der Waals surface area contributed by atoms with Crippen LogP contribution in [0, 0.1) is 0 Å². The molecule has 1 aromatic rings. The summed E-state index contributed by atoms with van der Waals surface area (Å²) < 4.78 is 40.8. The van der Waals surface area contributed by atoms with E-state index in [2.05, 4.69) is 15.0 Å². The molecule has 1 aromatic heterocycles. The van der Waals surface area contributed by atoms with E-state index in [0.29, 0.717) is 11.0 Å². The number of nitrogens with zero attached hydrogens (tertiary/aromatic N) is 1. The molecule has 0 aliphatic heterocycles.